The highest BCUT2D eigenvalue weighted by atomic mass is 32.2. The van der Waals surface area contributed by atoms with E-state index in [1.165, 1.54) is 24.3 Å². The predicted molar refractivity (Wildman–Crippen MR) is 103 cm³/mol. The Bertz CT molecular complexity index is 794. The van der Waals surface area contributed by atoms with E-state index in [9.17, 15) is 18.0 Å². The molecular weight excluding hydrogens is 368 g/mol. The lowest BCUT2D eigenvalue weighted by Gasteiger charge is -2.32. The summed E-state index contributed by atoms with van der Waals surface area (Å²) in [6.07, 6.45) is 2.86. The molecule has 1 unspecified atom stereocenters. The molecule has 2 rings (SSSR count). The van der Waals surface area contributed by atoms with Gasteiger partial charge in [-0.05, 0) is 31.0 Å². The second kappa shape index (κ2) is 9.63. The Morgan fingerprint density at radius 1 is 1.37 bits per heavy atom. The standard InChI is InChI=1S/C18H26N4O4S/c1-2-9-21-27(25,26)16-7-3-5-14(12-16)18(24)22-11-4-6-15(13-22)17(23)20-10-8-19/h2-3,5,7,12,15,21H,1,4,6,8-11,13,19H2,(H,20,23). The van der Waals surface area contributed by atoms with Gasteiger partial charge in [0, 0.05) is 38.3 Å². The number of hydrogen-bond acceptors (Lipinski definition) is 5. The van der Waals surface area contributed by atoms with Gasteiger partial charge in [0.05, 0.1) is 10.8 Å². The number of amides is 2. The minimum atomic E-state index is -3.71. The van der Waals surface area contributed by atoms with Crippen LogP contribution in [0.4, 0.5) is 0 Å². The molecule has 1 aliphatic rings. The number of nitrogens with one attached hydrogen (secondary N) is 2. The van der Waals surface area contributed by atoms with Gasteiger partial charge in [-0.25, -0.2) is 13.1 Å². The van der Waals surface area contributed by atoms with E-state index in [-0.39, 0.29) is 34.7 Å². The summed E-state index contributed by atoms with van der Waals surface area (Å²) in [6, 6.07) is 5.89. The second-order valence-corrected chi connectivity index (χ2v) is 8.11. The zero-order valence-electron chi connectivity index (χ0n) is 15.2. The number of carbonyl (C=O) groups is 2. The molecule has 0 radical (unpaired) electrons. The molecule has 0 saturated carbocycles. The molecule has 1 fully saturated rings. The highest BCUT2D eigenvalue weighted by Gasteiger charge is 2.29. The first kappa shape index (κ1) is 21.1. The molecule has 148 valence electrons. The van der Waals surface area contributed by atoms with Crippen molar-refractivity contribution in [3.8, 4) is 0 Å². The van der Waals surface area contributed by atoms with Gasteiger partial charge in [0.1, 0.15) is 0 Å². The lowest BCUT2D eigenvalue weighted by molar-refractivity contribution is -0.126. The first-order chi connectivity index (χ1) is 12.9. The second-order valence-electron chi connectivity index (χ2n) is 6.34. The van der Waals surface area contributed by atoms with Gasteiger partial charge in [-0.3, -0.25) is 9.59 Å². The van der Waals surface area contributed by atoms with Gasteiger partial charge >= 0.3 is 0 Å². The Morgan fingerprint density at radius 2 is 2.15 bits per heavy atom. The van der Waals surface area contributed by atoms with Crippen LogP contribution in [0, 0.1) is 5.92 Å². The quantitative estimate of drug-likeness (QED) is 0.539. The fourth-order valence-electron chi connectivity index (χ4n) is 2.95. The Labute approximate surface area is 159 Å². The fraction of sp³-hybridized carbons (Fsp3) is 0.444. The Hall–Kier alpha value is -2.23. The lowest BCUT2D eigenvalue weighted by Crippen LogP contribution is -2.46. The zero-order chi connectivity index (χ0) is 19.9. The first-order valence-corrected chi connectivity index (χ1v) is 10.3. The van der Waals surface area contributed by atoms with Crippen molar-refractivity contribution in [2.24, 2.45) is 11.7 Å². The maximum atomic E-state index is 12.8. The van der Waals surface area contributed by atoms with Crippen LogP contribution in [0.25, 0.3) is 0 Å². The maximum absolute atomic E-state index is 12.8. The van der Waals surface area contributed by atoms with Gasteiger partial charge in [0.2, 0.25) is 15.9 Å². The summed E-state index contributed by atoms with van der Waals surface area (Å²) in [5.74, 6) is -0.676. The van der Waals surface area contributed by atoms with Crippen LogP contribution in [-0.4, -0.2) is 57.9 Å². The van der Waals surface area contributed by atoms with Gasteiger partial charge in [-0.2, -0.15) is 0 Å². The van der Waals surface area contributed by atoms with Crippen molar-refractivity contribution in [3.63, 3.8) is 0 Å². The van der Waals surface area contributed by atoms with Crippen molar-refractivity contribution in [1.82, 2.24) is 14.9 Å². The van der Waals surface area contributed by atoms with E-state index in [1.54, 1.807) is 11.0 Å². The summed E-state index contributed by atoms with van der Waals surface area (Å²) < 4.78 is 26.9. The smallest absolute Gasteiger partial charge is 0.253 e. The molecule has 1 aromatic carbocycles. The van der Waals surface area contributed by atoms with E-state index in [0.29, 0.717) is 39.0 Å². The molecular formula is C18H26N4O4S. The van der Waals surface area contributed by atoms with Crippen LogP contribution in [0.2, 0.25) is 0 Å². The zero-order valence-corrected chi connectivity index (χ0v) is 16.0. The minimum absolute atomic E-state index is 0.0180. The SMILES string of the molecule is C=CCNS(=O)(=O)c1cccc(C(=O)N2CCCC(C(=O)NCCN)C2)c1. The van der Waals surface area contributed by atoms with Gasteiger partial charge in [0.15, 0.2) is 0 Å². The van der Waals surface area contributed by atoms with E-state index >= 15 is 0 Å². The molecule has 0 bridgehead atoms. The summed E-state index contributed by atoms with van der Waals surface area (Å²) in [5.41, 5.74) is 5.68. The van der Waals surface area contributed by atoms with Crippen LogP contribution >= 0.6 is 0 Å². The van der Waals surface area contributed by atoms with Crippen molar-refractivity contribution in [3.05, 3.63) is 42.5 Å². The number of likely N-dealkylation sites (tertiary alicyclic amines) is 1. The monoisotopic (exact) mass is 394 g/mol. The Kier molecular flexibility index (Phi) is 7.52. The van der Waals surface area contributed by atoms with Crippen LogP contribution in [0.15, 0.2) is 41.8 Å². The molecule has 1 saturated heterocycles. The molecule has 1 aromatic rings. The van der Waals surface area contributed by atoms with E-state index < -0.39 is 10.0 Å². The molecule has 1 atom stereocenters. The summed E-state index contributed by atoms with van der Waals surface area (Å²) in [6.45, 7) is 5.19. The summed E-state index contributed by atoms with van der Waals surface area (Å²) in [7, 11) is -3.71. The number of nitrogens with zero attached hydrogens (tertiary/aromatic N) is 1. The molecule has 1 heterocycles. The molecule has 0 aliphatic carbocycles. The first-order valence-electron chi connectivity index (χ1n) is 8.86. The third-order valence-corrected chi connectivity index (χ3v) is 5.75. The average molecular weight is 394 g/mol. The third-order valence-electron chi connectivity index (χ3n) is 4.33. The van der Waals surface area contributed by atoms with E-state index in [1.807, 2.05) is 0 Å². The Morgan fingerprint density at radius 3 is 2.85 bits per heavy atom. The summed E-state index contributed by atoms with van der Waals surface area (Å²) in [4.78, 5) is 26.6. The number of benzene rings is 1. The molecule has 4 N–H and O–H groups in total. The number of piperidine rings is 1. The lowest BCUT2D eigenvalue weighted by atomic mass is 9.96. The fourth-order valence-corrected chi connectivity index (χ4v) is 3.99. The van der Waals surface area contributed by atoms with E-state index in [2.05, 4.69) is 16.6 Å². The molecule has 1 aliphatic heterocycles. The van der Waals surface area contributed by atoms with Crippen LogP contribution < -0.4 is 15.8 Å². The normalized spacial score (nSPS) is 17.4. The van der Waals surface area contributed by atoms with Crippen LogP contribution in [-0.2, 0) is 14.8 Å². The molecule has 0 aromatic heterocycles. The van der Waals surface area contributed by atoms with Crippen molar-refractivity contribution >= 4 is 21.8 Å². The van der Waals surface area contributed by atoms with E-state index in [0.717, 1.165) is 0 Å². The van der Waals surface area contributed by atoms with Gasteiger partial charge in [-0.15, -0.1) is 6.58 Å². The number of rotatable bonds is 8. The maximum Gasteiger partial charge on any atom is 0.253 e. The van der Waals surface area contributed by atoms with Gasteiger partial charge in [-0.1, -0.05) is 12.1 Å². The topological polar surface area (TPSA) is 122 Å². The van der Waals surface area contributed by atoms with Crippen LogP contribution in [0.1, 0.15) is 23.2 Å². The minimum Gasteiger partial charge on any atom is -0.355 e. The Balaban J connectivity index is 2.12. The number of hydrogen-bond donors (Lipinski definition) is 3. The largest absolute Gasteiger partial charge is 0.355 e. The summed E-state index contributed by atoms with van der Waals surface area (Å²) >= 11 is 0. The molecule has 8 nitrogen and oxygen atoms in total. The average Bonchev–Trinajstić information content (AvgIpc) is 2.70. The predicted octanol–water partition coefficient (Wildman–Crippen LogP) is 0.0780. The van der Waals surface area contributed by atoms with Gasteiger partial charge < -0.3 is 16.0 Å². The van der Waals surface area contributed by atoms with Crippen molar-refractivity contribution in [2.45, 2.75) is 17.7 Å². The number of sulfonamides is 1. The highest BCUT2D eigenvalue weighted by molar-refractivity contribution is 7.89. The van der Waals surface area contributed by atoms with Crippen molar-refractivity contribution in [1.29, 1.82) is 0 Å². The van der Waals surface area contributed by atoms with E-state index in [4.69, 9.17) is 5.73 Å². The highest BCUT2D eigenvalue weighted by Crippen LogP contribution is 2.20. The molecule has 2 amide bonds. The third kappa shape index (κ3) is 5.62. The number of carbonyl (C=O) groups excluding carboxylic acids is 2. The van der Waals surface area contributed by atoms with Crippen LogP contribution in [0.5, 0.6) is 0 Å². The molecule has 9 heteroatoms. The van der Waals surface area contributed by atoms with Crippen LogP contribution in [0.3, 0.4) is 0 Å². The molecule has 27 heavy (non-hydrogen) atoms. The van der Waals surface area contributed by atoms with Gasteiger partial charge in [0.25, 0.3) is 5.91 Å². The van der Waals surface area contributed by atoms with Crippen molar-refractivity contribution < 1.29 is 18.0 Å². The summed E-state index contributed by atoms with van der Waals surface area (Å²) in [5, 5.41) is 2.75. The van der Waals surface area contributed by atoms with Crippen molar-refractivity contribution in [2.75, 3.05) is 32.7 Å². The molecule has 0 spiro atoms. The number of nitrogens with two attached hydrogens (primary N) is 1.